The third-order valence-corrected chi connectivity index (χ3v) is 3.46. The first-order valence-electron chi connectivity index (χ1n) is 7.76. The number of methoxy groups -OCH3 is 1. The standard InChI is InChI=1S/C17H29FN2O/c1-6-19-14(4)15-8-7-9-16(18)17(15)20(10-11-21-5)12-13(2)3/h7-9,13-14,19H,6,10-12H2,1-5H3. The lowest BCUT2D eigenvalue weighted by Crippen LogP contribution is -2.33. The summed E-state index contributed by atoms with van der Waals surface area (Å²) < 4.78 is 19.7. The zero-order valence-electron chi connectivity index (χ0n) is 13.9. The highest BCUT2D eigenvalue weighted by Gasteiger charge is 2.20. The summed E-state index contributed by atoms with van der Waals surface area (Å²) in [5, 5.41) is 3.37. The molecule has 1 N–H and O–H groups in total. The molecule has 0 fully saturated rings. The summed E-state index contributed by atoms with van der Waals surface area (Å²) in [4.78, 5) is 2.10. The molecule has 0 saturated carbocycles. The molecule has 0 radical (unpaired) electrons. The maximum atomic E-state index is 14.5. The Hall–Kier alpha value is -1.13. The lowest BCUT2D eigenvalue weighted by Gasteiger charge is -2.30. The number of nitrogens with zero attached hydrogens (tertiary/aromatic N) is 1. The van der Waals surface area contributed by atoms with Crippen molar-refractivity contribution in [3.05, 3.63) is 29.6 Å². The average Bonchev–Trinajstić information content (AvgIpc) is 2.43. The summed E-state index contributed by atoms with van der Waals surface area (Å²) in [5.74, 6) is 0.303. The number of rotatable bonds is 9. The Bertz CT molecular complexity index is 423. The van der Waals surface area contributed by atoms with Gasteiger partial charge in [0.05, 0.1) is 12.3 Å². The first-order valence-corrected chi connectivity index (χ1v) is 7.76. The Labute approximate surface area is 128 Å². The van der Waals surface area contributed by atoms with Gasteiger partial charge in [-0.2, -0.15) is 0 Å². The van der Waals surface area contributed by atoms with Gasteiger partial charge < -0.3 is 15.0 Å². The third kappa shape index (κ3) is 5.29. The third-order valence-electron chi connectivity index (χ3n) is 3.46. The van der Waals surface area contributed by atoms with Crippen LogP contribution in [-0.2, 0) is 4.74 Å². The van der Waals surface area contributed by atoms with Crippen LogP contribution in [0.1, 0.15) is 39.3 Å². The van der Waals surface area contributed by atoms with Crippen LogP contribution in [0.5, 0.6) is 0 Å². The molecule has 1 aromatic rings. The summed E-state index contributed by atoms with van der Waals surface area (Å²) in [7, 11) is 1.68. The maximum Gasteiger partial charge on any atom is 0.146 e. The Morgan fingerprint density at radius 1 is 1.29 bits per heavy atom. The van der Waals surface area contributed by atoms with Crippen LogP contribution in [0.2, 0.25) is 0 Å². The molecule has 1 atom stereocenters. The highest BCUT2D eigenvalue weighted by molar-refractivity contribution is 5.56. The normalized spacial score (nSPS) is 12.7. The van der Waals surface area contributed by atoms with Gasteiger partial charge in [-0.3, -0.25) is 0 Å². The van der Waals surface area contributed by atoms with E-state index in [1.165, 1.54) is 6.07 Å². The number of halogens is 1. The lowest BCUT2D eigenvalue weighted by atomic mass is 10.0. The number of ether oxygens (including phenoxy) is 1. The van der Waals surface area contributed by atoms with E-state index in [0.29, 0.717) is 24.8 Å². The lowest BCUT2D eigenvalue weighted by molar-refractivity contribution is 0.204. The molecule has 0 aliphatic carbocycles. The van der Waals surface area contributed by atoms with Crippen molar-refractivity contribution in [1.29, 1.82) is 0 Å². The first kappa shape index (κ1) is 17.9. The fourth-order valence-corrected chi connectivity index (χ4v) is 2.57. The molecule has 0 spiro atoms. The molecule has 3 nitrogen and oxygen atoms in total. The quantitative estimate of drug-likeness (QED) is 0.753. The van der Waals surface area contributed by atoms with Gasteiger partial charge in [0.15, 0.2) is 0 Å². The molecule has 1 rings (SSSR count). The van der Waals surface area contributed by atoms with Crippen molar-refractivity contribution in [2.24, 2.45) is 5.92 Å². The van der Waals surface area contributed by atoms with Gasteiger partial charge in [0.1, 0.15) is 5.82 Å². The van der Waals surface area contributed by atoms with Crippen LogP contribution in [0.15, 0.2) is 18.2 Å². The van der Waals surface area contributed by atoms with Crippen molar-refractivity contribution >= 4 is 5.69 Å². The van der Waals surface area contributed by atoms with E-state index in [-0.39, 0.29) is 11.9 Å². The van der Waals surface area contributed by atoms with Crippen molar-refractivity contribution in [3.63, 3.8) is 0 Å². The number of hydrogen-bond acceptors (Lipinski definition) is 3. The second-order valence-corrected chi connectivity index (χ2v) is 5.79. The topological polar surface area (TPSA) is 24.5 Å². The Morgan fingerprint density at radius 3 is 2.57 bits per heavy atom. The fraction of sp³-hybridized carbons (Fsp3) is 0.647. The molecule has 1 aromatic carbocycles. The van der Waals surface area contributed by atoms with Crippen LogP contribution in [0.4, 0.5) is 10.1 Å². The Balaban J connectivity index is 3.14. The van der Waals surface area contributed by atoms with Crippen LogP contribution in [-0.4, -0.2) is 33.4 Å². The molecule has 4 heteroatoms. The smallest absolute Gasteiger partial charge is 0.146 e. The van der Waals surface area contributed by atoms with E-state index in [4.69, 9.17) is 4.74 Å². The minimum atomic E-state index is -0.158. The number of anilines is 1. The second-order valence-electron chi connectivity index (χ2n) is 5.79. The van der Waals surface area contributed by atoms with Crippen molar-refractivity contribution in [2.45, 2.75) is 33.7 Å². The van der Waals surface area contributed by atoms with Crippen molar-refractivity contribution in [2.75, 3.05) is 38.3 Å². The molecule has 0 aromatic heterocycles. The zero-order chi connectivity index (χ0) is 15.8. The molecule has 0 bridgehead atoms. The van der Waals surface area contributed by atoms with Gasteiger partial charge in [-0.15, -0.1) is 0 Å². The SMILES string of the molecule is CCNC(C)c1cccc(F)c1N(CCOC)CC(C)C. The number of nitrogens with one attached hydrogen (secondary N) is 1. The Morgan fingerprint density at radius 2 is 2.00 bits per heavy atom. The maximum absolute atomic E-state index is 14.5. The molecule has 0 aliphatic rings. The van der Waals surface area contributed by atoms with Crippen LogP contribution < -0.4 is 10.2 Å². The second kappa shape index (κ2) is 9.00. The number of benzene rings is 1. The van der Waals surface area contributed by atoms with Gasteiger partial charge in [-0.1, -0.05) is 32.9 Å². The van der Waals surface area contributed by atoms with Crippen molar-refractivity contribution in [3.8, 4) is 0 Å². The van der Waals surface area contributed by atoms with E-state index < -0.39 is 0 Å². The van der Waals surface area contributed by atoms with Gasteiger partial charge in [0, 0.05) is 26.2 Å². The highest BCUT2D eigenvalue weighted by Crippen LogP contribution is 2.30. The molecule has 21 heavy (non-hydrogen) atoms. The molecule has 0 amide bonds. The van der Waals surface area contributed by atoms with Gasteiger partial charge >= 0.3 is 0 Å². The van der Waals surface area contributed by atoms with Crippen LogP contribution in [0.25, 0.3) is 0 Å². The highest BCUT2D eigenvalue weighted by atomic mass is 19.1. The van der Waals surface area contributed by atoms with E-state index in [2.05, 4.69) is 37.9 Å². The fourth-order valence-electron chi connectivity index (χ4n) is 2.57. The van der Waals surface area contributed by atoms with Crippen LogP contribution in [0.3, 0.4) is 0 Å². The van der Waals surface area contributed by atoms with Crippen LogP contribution >= 0.6 is 0 Å². The minimum absolute atomic E-state index is 0.123. The summed E-state index contributed by atoms with van der Waals surface area (Å²) in [6, 6.07) is 5.45. The molecular weight excluding hydrogens is 267 g/mol. The predicted molar refractivity (Wildman–Crippen MR) is 87.4 cm³/mol. The predicted octanol–water partition coefficient (Wildman–Crippen LogP) is 3.61. The van der Waals surface area contributed by atoms with E-state index in [9.17, 15) is 4.39 Å². The van der Waals surface area contributed by atoms with E-state index in [1.54, 1.807) is 13.2 Å². The number of para-hydroxylation sites is 1. The molecule has 0 aliphatic heterocycles. The molecule has 1 unspecified atom stereocenters. The van der Waals surface area contributed by atoms with E-state index in [0.717, 1.165) is 18.7 Å². The number of hydrogen-bond donors (Lipinski definition) is 1. The zero-order valence-corrected chi connectivity index (χ0v) is 13.9. The minimum Gasteiger partial charge on any atom is -0.383 e. The van der Waals surface area contributed by atoms with Crippen LogP contribution in [0, 0.1) is 11.7 Å². The average molecular weight is 296 g/mol. The van der Waals surface area contributed by atoms with Crippen molar-refractivity contribution in [1.82, 2.24) is 5.32 Å². The molecule has 0 saturated heterocycles. The molecule has 0 heterocycles. The van der Waals surface area contributed by atoms with E-state index in [1.807, 2.05) is 6.07 Å². The van der Waals surface area contributed by atoms with Crippen molar-refractivity contribution < 1.29 is 9.13 Å². The van der Waals surface area contributed by atoms with Gasteiger partial charge in [0.25, 0.3) is 0 Å². The summed E-state index contributed by atoms with van der Waals surface area (Å²) in [5.41, 5.74) is 1.71. The summed E-state index contributed by atoms with van der Waals surface area (Å²) >= 11 is 0. The molecule has 120 valence electrons. The van der Waals surface area contributed by atoms with Gasteiger partial charge in [0.2, 0.25) is 0 Å². The van der Waals surface area contributed by atoms with Gasteiger partial charge in [-0.05, 0) is 31.0 Å². The first-order chi connectivity index (χ1) is 10.0. The van der Waals surface area contributed by atoms with E-state index >= 15 is 0 Å². The molecular formula is C17H29FN2O. The largest absolute Gasteiger partial charge is 0.383 e. The monoisotopic (exact) mass is 296 g/mol. The summed E-state index contributed by atoms with van der Waals surface area (Å²) in [6.45, 7) is 11.4. The Kier molecular flexibility index (Phi) is 7.68. The van der Waals surface area contributed by atoms with Gasteiger partial charge in [-0.25, -0.2) is 4.39 Å². The summed E-state index contributed by atoms with van der Waals surface area (Å²) in [6.07, 6.45) is 0.